The fraction of sp³-hybridized carbons (Fsp3) is 0.381. The van der Waals surface area contributed by atoms with Gasteiger partial charge in [-0.1, -0.05) is 17.7 Å². The van der Waals surface area contributed by atoms with E-state index >= 15 is 0 Å². The van der Waals surface area contributed by atoms with E-state index in [-0.39, 0.29) is 30.0 Å². The van der Waals surface area contributed by atoms with E-state index in [9.17, 15) is 0 Å². The van der Waals surface area contributed by atoms with Gasteiger partial charge in [0.2, 0.25) is 5.82 Å². The molecule has 1 atom stereocenters. The molecule has 8 nitrogen and oxygen atoms in total. The number of H-pyrrole nitrogens is 1. The highest BCUT2D eigenvalue weighted by Crippen LogP contribution is 2.26. The van der Waals surface area contributed by atoms with Crippen LogP contribution in [0.15, 0.2) is 46.0 Å². The van der Waals surface area contributed by atoms with Gasteiger partial charge in [0.15, 0.2) is 11.7 Å². The van der Waals surface area contributed by atoms with Crippen molar-refractivity contribution in [3.63, 3.8) is 0 Å². The largest absolute Gasteiger partial charge is 0.496 e. The van der Waals surface area contributed by atoms with E-state index in [2.05, 4.69) is 50.7 Å². The number of hydrogen-bond donors (Lipinski definition) is 3. The van der Waals surface area contributed by atoms with Crippen molar-refractivity contribution in [2.24, 2.45) is 4.99 Å². The second kappa shape index (κ2) is 11.6. The summed E-state index contributed by atoms with van der Waals surface area (Å²) in [5, 5.41) is 13.9. The first kappa shape index (κ1) is 23.7. The topological polar surface area (TPSA) is 100 Å². The lowest BCUT2D eigenvalue weighted by atomic mass is 10.0. The second-order valence-corrected chi connectivity index (χ2v) is 6.71. The summed E-state index contributed by atoms with van der Waals surface area (Å²) in [5.41, 5.74) is 2.28. The van der Waals surface area contributed by atoms with Crippen molar-refractivity contribution in [1.29, 1.82) is 0 Å². The first-order valence-corrected chi connectivity index (χ1v) is 9.75. The molecule has 0 aliphatic rings. The van der Waals surface area contributed by atoms with Crippen LogP contribution in [0.3, 0.4) is 0 Å². The van der Waals surface area contributed by atoms with E-state index < -0.39 is 0 Å². The highest BCUT2D eigenvalue weighted by atomic mass is 127. The Morgan fingerprint density at radius 1 is 1.33 bits per heavy atom. The normalized spacial score (nSPS) is 12.2. The molecule has 1 unspecified atom stereocenters. The van der Waals surface area contributed by atoms with E-state index in [1.807, 2.05) is 31.2 Å². The molecule has 0 spiro atoms. The van der Waals surface area contributed by atoms with Gasteiger partial charge in [-0.3, -0.25) is 10.1 Å². The van der Waals surface area contributed by atoms with Crippen LogP contribution in [-0.2, 0) is 6.42 Å². The van der Waals surface area contributed by atoms with E-state index in [4.69, 9.17) is 9.15 Å². The Morgan fingerprint density at radius 2 is 2.17 bits per heavy atom. The maximum atomic E-state index is 5.51. The molecule has 9 heteroatoms. The Morgan fingerprint density at radius 3 is 2.87 bits per heavy atom. The van der Waals surface area contributed by atoms with Crippen molar-refractivity contribution in [1.82, 2.24) is 25.8 Å². The van der Waals surface area contributed by atoms with Crippen LogP contribution in [0.25, 0.3) is 11.6 Å². The zero-order valence-electron chi connectivity index (χ0n) is 17.7. The van der Waals surface area contributed by atoms with Crippen LogP contribution in [0.4, 0.5) is 0 Å². The summed E-state index contributed by atoms with van der Waals surface area (Å²) in [5.74, 6) is 3.57. The summed E-state index contributed by atoms with van der Waals surface area (Å²) in [6.07, 6.45) is 2.25. The zero-order valence-corrected chi connectivity index (χ0v) is 20.1. The SMILES string of the molecule is CCNC(=NCCc1nc(-c2ccco2)n[nH]1)NC(C)c1cc(C)ccc1OC.I. The predicted molar refractivity (Wildman–Crippen MR) is 128 cm³/mol. The van der Waals surface area contributed by atoms with Gasteiger partial charge in [-0.2, -0.15) is 5.10 Å². The molecule has 0 saturated carbocycles. The molecule has 0 aliphatic heterocycles. The Hall–Kier alpha value is -2.56. The van der Waals surface area contributed by atoms with Gasteiger partial charge in [0, 0.05) is 25.1 Å². The molecule has 3 N–H and O–H groups in total. The minimum atomic E-state index is 0. The first-order valence-electron chi connectivity index (χ1n) is 9.75. The molecule has 0 bridgehead atoms. The van der Waals surface area contributed by atoms with Gasteiger partial charge in [-0.25, -0.2) is 4.98 Å². The number of guanidine groups is 1. The van der Waals surface area contributed by atoms with Crippen LogP contribution in [0.1, 0.15) is 36.8 Å². The second-order valence-electron chi connectivity index (χ2n) is 6.71. The number of aromatic amines is 1. The molecular weight excluding hydrogens is 495 g/mol. The number of aryl methyl sites for hydroxylation is 1. The molecule has 0 radical (unpaired) electrons. The third kappa shape index (κ3) is 6.22. The van der Waals surface area contributed by atoms with E-state index in [1.54, 1.807) is 13.4 Å². The monoisotopic (exact) mass is 524 g/mol. The van der Waals surface area contributed by atoms with Crippen LogP contribution in [0, 0.1) is 6.92 Å². The molecule has 2 aromatic heterocycles. The van der Waals surface area contributed by atoms with Crippen LogP contribution in [0.2, 0.25) is 0 Å². The van der Waals surface area contributed by atoms with E-state index in [1.165, 1.54) is 5.56 Å². The summed E-state index contributed by atoms with van der Waals surface area (Å²) in [6, 6.07) is 9.85. The van der Waals surface area contributed by atoms with Gasteiger partial charge in [-0.15, -0.1) is 24.0 Å². The maximum absolute atomic E-state index is 5.51. The standard InChI is InChI=1S/C21H28N6O2.HI/c1-5-22-21(24-15(3)16-13-14(2)8-9-17(16)28-4)23-11-10-19-25-20(27-26-19)18-7-6-12-29-18;/h6-9,12-13,15H,5,10-11H2,1-4H3,(H2,22,23,24)(H,25,26,27);1H. The Labute approximate surface area is 193 Å². The number of aliphatic imine (C=N–C) groups is 1. The van der Waals surface area contributed by atoms with Gasteiger partial charge in [0.1, 0.15) is 11.6 Å². The van der Waals surface area contributed by atoms with Gasteiger partial charge >= 0.3 is 0 Å². The van der Waals surface area contributed by atoms with Crippen molar-refractivity contribution in [3.05, 3.63) is 53.5 Å². The average Bonchev–Trinajstić information content (AvgIpc) is 3.40. The van der Waals surface area contributed by atoms with Crippen molar-refractivity contribution < 1.29 is 9.15 Å². The fourth-order valence-electron chi connectivity index (χ4n) is 2.99. The maximum Gasteiger partial charge on any atom is 0.216 e. The average molecular weight is 524 g/mol. The molecule has 0 aliphatic carbocycles. The van der Waals surface area contributed by atoms with Gasteiger partial charge in [0.25, 0.3) is 0 Å². The van der Waals surface area contributed by atoms with Crippen molar-refractivity contribution in [3.8, 4) is 17.3 Å². The van der Waals surface area contributed by atoms with Crippen molar-refractivity contribution >= 4 is 29.9 Å². The number of halogens is 1. The molecule has 0 fully saturated rings. The van der Waals surface area contributed by atoms with Crippen molar-refractivity contribution in [2.75, 3.05) is 20.2 Å². The van der Waals surface area contributed by atoms with Crippen LogP contribution in [0.5, 0.6) is 5.75 Å². The number of hydrogen-bond acceptors (Lipinski definition) is 5. The predicted octanol–water partition coefficient (Wildman–Crippen LogP) is 3.86. The van der Waals surface area contributed by atoms with Crippen LogP contribution < -0.4 is 15.4 Å². The highest BCUT2D eigenvalue weighted by Gasteiger charge is 2.13. The number of benzene rings is 1. The van der Waals surface area contributed by atoms with Crippen LogP contribution >= 0.6 is 24.0 Å². The fourth-order valence-corrected chi connectivity index (χ4v) is 2.99. The first-order chi connectivity index (χ1) is 14.1. The number of furan rings is 1. The number of methoxy groups -OCH3 is 1. The Bertz CT molecular complexity index is 939. The lowest BCUT2D eigenvalue weighted by molar-refractivity contribution is 0.405. The zero-order chi connectivity index (χ0) is 20.6. The minimum Gasteiger partial charge on any atom is -0.496 e. The third-order valence-corrected chi connectivity index (χ3v) is 4.44. The van der Waals surface area contributed by atoms with E-state index in [0.29, 0.717) is 24.6 Å². The lowest BCUT2D eigenvalue weighted by Gasteiger charge is -2.20. The summed E-state index contributed by atoms with van der Waals surface area (Å²) in [4.78, 5) is 9.12. The number of ether oxygens (including phenoxy) is 1. The van der Waals surface area contributed by atoms with Gasteiger partial charge in [-0.05, 0) is 39.0 Å². The summed E-state index contributed by atoms with van der Waals surface area (Å²) < 4.78 is 10.8. The summed E-state index contributed by atoms with van der Waals surface area (Å²) in [6.45, 7) is 7.55. The quantitative estimate of drug-likeness (QED) is 0.235. The Balaban J connectivity index is 0.00000320. The minimum absolute atomic E-state index is 0. The molecule has 0 saturated heterocycles. The molecule has 162 valence electrons. The molecular formula is C21H29IN6O2. The number of nitrogens with zero attached hydrogens (tertiary/aromatic N) is 3. The summed E-state index contributed by atoms with van der Waals surface area (Å²) >= 11 is 0. The smallest absolute Gasteiger partial charge is 0.216 e. The lowest BCUT2D eigenvalue weighted by Crippen LogP contribution is -2.39. The highest BCUT2D eigenvalue weighted by molar-refractivity contribution is 14.0. The molecule has 30 heavy (non-hydrogen) atoms. The number of rotatable bonds is 8. The molecule has 3 aromatic rings. The van der Waals surface area contributed by atoms with Crippen molar-refractivity contribution in [2.45, 2.75) is 33.2 Å². The van der Waals surface area contributed by atoms with Crippen LogP contribution in [-0.4, -0.2) is 41.3 Å². The molecule has 0 amide bonds. The number of aromatic nitrogens is 3. The van der Waals surface area contributed by atoms with Gasteiger partial charge < -0.3 is 19.8 Å². The third-order valence-electron chi connectivity index (χ3n) is 4.44. The molecule has 3 rings (SSSR count). The molecule has 2 heterocycles. The Kier molecular flexibility index (Phi) is 9.15. The molecule has 1 aromatic carbocycles. The number of nitrogens with one attached hydrogen (secondary N) is 3. The van der Waals surface area contributed by atoms with Gasteiger partial charge in [0.05, 0.1) is 19.4 Å². The van der Waals surface area contributed by atoms with E-state index in [0.717, 1.165) is 29.6 Å². The summed E-state index contributed by atoms with van der Waals surface area (Å²) in [7, 11) is 1.69.